The maximum Gasteiger partial charge on any atom is 0.408 e. The number of rotatable bonds is 2. The van der Waals surface area contributed by atoms with Crippen molar-refractivity contribution in [3.8, 4) is 0 Å². The highest BCUT2D eigenvalue weighted by Crippen LogP contribution is 2.33. The van der Waals surface area contributed by atoms with E-state index in [4.69, 9.17) is 11.6 Å². The third-order valence-electron chi connectivity index (χ3n) is 2.26. The lowest BCUT2D eigenvalue weighted by Crippen LogP contribution is -2.28. The van der Waals surface area contributed by atoms with Crippen LogP contribution >= 0.6 is 24.4 Å². The first-order valence-corrected chi connectivity index (χ1v) is 6.29. The first kappa shape index (κ1) is 16.9. The van der Waals surface area contributed by atoms with E-state index in [0.717, 1.165) is 0 Å². The summed E-state index contributed by atoms with van der Waals surface area (Å²) in [5.41, 5.74) is 0.0805. The standard InChI is InChI=1S/C8H7ClF3NS.C3H5NO2/c9-6-3-1-5(2-4-6)7(13-14)8(10,11)12;5-3-4-1-2-6-3/h1-4,7,13-14H;1-2H2,(H,4,5)/t7-;/m1./s1. The van der Waals surface area contributed by atoms with Crippen LogP contribution in [0.5, 0.6) is 0 Å². The molecule has 20 heavy (non-hydrogen) atoms. The molecule has 1 fully saturated rings. The van der Waals surface area contributed by atoms with Crippen LogP contribution in [0.4, 0.5) is 18.0 Å². The lowest BCUT2D eigenvalue weighted by atomic mass is 10.1. The minimum absolute atomic E-state index is 0.0805. The number of carbonyl (C=O) groups excluding carboxylic acids is 1. The van der Waals surface area contributed by atoms with Gasteiger partial charge in [0, 0.05) is 5.02 Å². The number of benzene rings is 1. The summed E-state index contributed by atoms with van der Waals surface area (Å²) < 4.78 is 43.4. The fourth-order valence-corrected chi connectivity index (χ4v) is 1.76. The van der Waals surface area contributed by atoms with Gasteiger partial charge in [-0.2, -0.15) is 13.2 Å². The van der Waals surface area contributed by atoms with E-state index in [9.17, 15) is 18.0 Å². The summed E-state index contributed by atoms with van der Waals surface area (Å²) in [7, 11) is 0. The minimum Gasteiger partial charge on any atom is -0.448 e. The molecule has 1 atom stereocenters. The molecule has 1 saturated heterocycles. The predicted octanol–water partition coefficient (Wildman–Crippen LogP) is 3.10. The van der Waals surface area contributed by atoms with Gasteiger partial charge in [0.15, 0.2) is 0 Å². The number of hydrogen-bond donors (Lipinski definition) is 3. The first-order chi connectivity index (χ1) is 9.34. The van der Waals surface area contributed by atoms with E-state index in [0.29, 0.717) is 18.2 Å². The van der Waals surface area contributed by atoms with Crippen LogP contribution in [0.3, 0.4) is 0 Å². The molecule has 2 rings (SSSR count). The summed E-state index contributed by atoms with van der Waals surface area (Å²) in [6.07, 6.45) is -4.66. The second-order valence-corrected chi connectivity index (χ2v) is 4.41. The van der Waals surface area contributed by atoms with Crippen LogP contribution < -0.4 is 10.0 Å². The highest BCUT2D eigenvalue weighted by atomic mass is 35.5. The Labute approximate surface area is 124 Å². The van der Waals surface area contributed by atoms with E-state index in [2.05, 4.69) is 22.9 Å². The van der Waals surface area contributed by atoms with Gasteiger partial charge in [0.2, 0.25) is 0 Å². The molecule has 1 aliphatic rings. The summed E-state index contributed by atoms with van der Waals surface area (Å²) in [5, 5.41) is 2.86. The largest absolute Gasteiger partial charge is 0.448 e. The second kappa shape index (κ2) is 7.61. The third kappa shape index (κ3) is 5.48. The number of amides is 1. The summed E-state index contributed by atoms with van der Waals surface area (Å²) in [6.45, 7) is 1.19. The topological polar surface area (TPSA) is 50.4 Å². The molecule has 4 nitrogen and oxygen atoms in total. The molecule has 1 amide bonds. The Kier molecular flexibility index (Phi) is 6.44. The van der Waals surface area contributed by atoms with Gasteiger partial charge in [-0.05, 0) is 17.7 Å². The normalized spacial score (nSPS) is 15.8. The molecular formula is C11H12ClF3N2O2S. The van der Waals surface area contributed by atoms with Gasteiger partial charge in [0.05, 0.1) is 6.54 Å². The zero-order valence-electron chi connectivity index (χ0n) is 10.1. The number of nitrogens with one attached hydrogen (secondary N) is 2. The maximum absolute atomic E-state index is 12.4. The van der Waals surface area contributed by atoms with Crippen molar-refractivity contribution in [2.45, 2.75) is 12.2 Å². The van der Waals surface area contributed by atoms with Gasteiger partial charge in [-0.15, -0.1) is 0 Å². The van der Waals surface area contributed by atoms with E-state index < -0.39 is 12.2 Å². The van der Waals surface area contributed by atoms with Crippen LogP contribution in [-0.2, 0) is 4.74 Å². The molecule has 0 unspecified atom stereocenters. The number of ether oxygens (including phenoxy) is 1. The Morgan fingerprint density at radius 2 is 1.95 bits per heavy atom. The number of carbonyl (C=O) groups is 1. The molecular weight excluding hydrogens is 317 g/mol. The van der Waals surface area contributed by atoms with Crippen molar-refractivity contribution >= 4 is 30.5 Å². The highest BCUT2D eigenvalue weighted by Gasteiger charge is 2.39. The molecule has 1 aromatic rings. The Balaban J connectivity index is 0.000000276. The average Bonchev–Trinajstić information content (AvgIpc) is 2.83. The fraction of sp³-hybridized carbons (Fsp3) is 0.364. The Morgan fingerprint density at radius 1 is 1.35 bits per heavy atom. The van der Waals surface area contributed by atoms with Crippen molar-refractivity contribution in [1.82, 2.24) is 10.0 Å². The molecule has 0 radical (unpaired) electrons. The molecule has 0 aliphatic carbocycles. The Hall–Kier alpha value is -1.12. The number of hydrogen-bond acceptors (Lipinski definition) is 4. The molecule has 0 spiro atoms. The highest BCUT2D eigenvalue weighted by molar-refractivity contribution is 7.78. The van der Waals surface area contributed by atoms with Gasteiger partial charge in [-0.3, -0.25) is 4.72 Å². The average molecular weight is 329 g/mol. The fourth-order valence-electron chi connectivity index (χ4n) is 1.34. The van der Waals surface area contributed by atoms with Crippen LogP contribution in [0, 0.1) is 0 Å². The summed E-state index contributed by atoms with van der Waals surface area (Å²) in [6, 6.07) is 3.65. The molecule has 9 heteroatoms. The lowest BCUT2D eigenvalue weighted by molar-refractivity contribution is -0.152. The summed E-state index contributed by atoms with van der Waals surface area (Å²) in [5.74, 6) is 0. The molecule has 1 aromatic carbocycles. The quantitative estimate of drug-likeness (QED) is 0.731. The van der Waals surface area contributed by atoms with Crippen molar-refractivity contribution in [2.24, 2.45) is 0 Å². The summed E-state index contributed by atoms with van der Waals surface area (Å²) >= 11 is 9.00. The summed E-state index contributed by atoms with van der Waals surface area (Å²) in [4.78, 5) is 9.91. The monoisotopic (exact) mass is 328 g/mol. The lowest BCUT2D eigenvalue weighted by Gasteiger charge is -2.19. The molecule has 112 valence electrons. The molecule has 1 heterocycles. The number of halogens is 4. The molecule has 0 aromatic heterocycles. The van der Waals surface area contributed by atoms with Crippen molar-refractivity contribution in [2.75, 3.05) is 13.2 Å². The van der Waals surface area contributed by atoms with Crippen molar-refractivity contribution < 1.29 is 22.7 Å². The zero-order chi connectivity index (χ0) is 15.2. The van der Waals surface area contributed by atoms with Gasteiger partial charge in [-0.25, -0.2) is 4.79 Å². The van der Waals surface area contributed by atoms with Crippen LogP contribution in [0.15, 0.2) is 24.3 Å². The molecule has 2 N–H and O–H groups in total. The smallest absolute Gasteiger partial charge is 0.408 e. The number of alkyl halides is 3. The van der Waals surface area contributed by atoms with Gasteiger partial charge in [0.1, 0.15) is 12.6 Å². The van der Waals surface area contributed by atoms with Crippen LogP contribution in [-0.4, -0.2) is 25.4 Å². The second-order valence-electron chi connectivity index (χ2n) is 3.72. The van der Waals surface area contributed by atoms with Crippen molar-refractivity contribution in [3.05, 3.63) is 34.9 Å². The first-order valence-electron chi connectivity index (χ1n) is 5.47. The molecule has 0 bridgehead atoms. The van der Waals surface area contributed by atoms with Crippen LogP contribution in [0.25, 0.3) is 0 Å². The van der Waals surface area contributed by atoms with Gasteiger partial charge in [-0.1, -0.05) is 36.5 Å². The van der Waals surface area contributed by atoms with Crippen molar-refractivity contribution in [3.63, 3.8) is 0 Å². The van der Waals surface area contributed by atoms with E-state index in [1.54, 1.807) is 0 Å². The Morgan fingerprint density at radius 3 is 2.25 bits per heavy atom. The number of cyclic esters (lactones) is 1. The van der Waals surface area contributed by atoms with Gasteiger partial charge in [0.25, 0.3) is 0 Å². The van der Waals surface area contributed by atoms with Crippen LogP contribution in [0.1, 0.15) is 11.6 Å². The number of thiol groups is 1. The minimum atomic E-state index is -4.37. The third-order valence-corrected chi connectivity index (χ3v) is 2.77. The van der Waals surface area contributed by atoms with Gasteiger partial charge < -0.3 is 10.1 Å². The zero-order valence-corrected chi connectivity index (χ0v) is 11.7. The van der Waals surface area contributed by atoms with E-state index >= 15 is 0 Å². The SMILES string of the molecule is FC(F)(F)[C@H](NS)c1ccc(Cl)cc1.O=C1NCCO1. The Bertz CT molecular complexity index is 434. The predicted molar refractivity (Wildman–Crippen MR) is 71.7 cm³/mol. The van der Waals surface area contributed by atoms with Crippen molar-refractivity contribution in [1.29, 1.82) is 0 Å². The van der Waals surface area contributed by atoms with E-state index in [1.165, 1.54) is 24.3 Å². The van der Waals surface area contributed by atoms with Crippen LogP contribution in [0.2, 0.25) is 5.02 Å². The molecule has 1 aliphatic heterocycles. The maximum atomic E-state index is 12.4. The van der Waals surface area contributed by atoms with E-state index in [1.807, 2.05) is 4.72 Å². The number of alkyl carbamates (subject to hydrolysis) is 1. The van der Waals surface area contributed by atoms with Gasteiger partial charge >= 0.3 is 12.3 Å². The molecule has 0 saturated carbocycles. The van der Waals surface area contributed by atoms with E-state index in [-0.39, 0.29) is 11.7 Å².